The Morgan fingerprint density at radius 2 is 1.84 bits per heavy atom. The van der Waals surface area contributed by atoms with Gasteiger partial charge in [0.15, 0.2) is 5.76 Å². The van der Waals surface area contributed by atoms with E-state index in [1.165, 1.54) is 24.4 Å². The van der Waals surface area contributed by atoms with Gasteiger partial charge in [0, 0.05) is 12.0 Å². The summed E-state index contributed by atoms with van der Waals surface area (Å²) in [6.07, 6.45) is 5.75. The number of nitrogens with one attached hydrogen (secondary N) is 2. The first-order valence-electron chi connectivity index (χ1n) is 10.4. The fourth-order valence-corrected chi connectivity index (χ4v) is 6.68. The molecule has 3 fully saturated rings. The van der Waals surface area contributed by atoms with Gasteiger partial charge in [0.1, 0.15) is 5.15 Å². The first-order valence-corrected chi connectivity index (χ1v) is 12.7. The summed E-state index contributed by atoms with van der Waals surface area (Å²) in [5.41, 5.74) is 0.494. The number of hydrogen-bond donors (Lipinski definition) is 2. The number of sulfone groups is 1. The van der Waals surface area contributed by atoms with Gasteiger partial charge in [0.05, 0.1) is 22.2 Å². The lowest BCUT2D eigenvalue weighted by Gasteiger charge is -2.57. The molecule has 2 amide bonds. The molecule has 2 heterocycles. The molecule has 170 valence electrons. The summed E-state index contributed by atoms with van der Waals surface area (Å²) < 4.78 is 29.7. The summed E-state index contributed by atoms with van der Waals surface area (Å²) in [6, 6.07) is 4.21. The zero-order valence-electron chi connectivity index (χ0n) is 16.9. The SMILES string of the molecule is O=C(NC1CC2(C1)CC(C(=O)Nc1cnc(Cl)cc1Cl)C2)c1ccc(S(=O)(=O)C2CC2)o1. The van der Waals surface area contributed by atoms with Crippen LogP contribution in [0.1, 0.15) is 49.1 Å². The van der Waals surface area contributed by atoms with E-state index in [-0.39, 0.29) is 44.5 Å². The second kappa shape index (κ2) is 7.74. The Kier molecular flexibility index (Phi) is 5.26. The molecule has 2 aromatic rings. The fourth-order valence-electron chi connectivity index (χ4n) is 4.72. The van der Waals surface area contributed by atoms with Gasteiger partial charge in [-0.3, -0.25) is 9.59 Å². The van der Waals surface area contributed by atoms with Crippen molar-refractivity contribution < 1.29 is 22.4 Å². The van der Waals surface area contributed by atoms with Gasteiger partial charge < -0.3 is 15.1 Å². The monoisotopic (exact) mass is 497 g/mol. The molecular formula is C21H21Cl2N3O5S. The fraction of sp³-hybridized carbons (Fsp3) is 0.476. The number of pyridine rings is 1. The van der Waals surface area contributed by atoms with E-state index >= 15 is 0 Å². The highest BCUT2D eigenvalue weighted by Crippen LogP contribution is 2.59. The molecule has 0 unspecified atom stereocenters. The zero-order valence-corrected chi connectivity index (χ0v) is 19.3. The molecule has 1 spiro atoms. The molecule has 11 heteroatoms. The van der Waals surface area contributed by atoms with Crippen LogP contribution in [0.3, 0.4) is 0 Å². The van der Waals surface area contributed by atoms with Crippen LogP contribution in [-0.4, -0.2) is 36.5 Å². The van der Waals surface area contributed by atoms with Gasteiger partial charge in [-0.1, -0.05) is 23.2 Å². The predicted octanol–water partition coefficient (Wildman–Crippen LogP) is 3.84. The van der Waals surface area contributed by atoms with Crippen LogP contribution < -0.4 is 10.6 Å². The van der Waals surface area contributed by atoms with Gasteiger partial charge in [0.25, 0.3) is 5.91 Å². The van der Waals surface area contributed by atoms with Crippen molar-refractivity contribution >= 4 is 50.5 Å². The summed E-state index contributed by atoms with van der Waals surface area (Å²) in [4.78, 5) is 28.8. The van der Waals surface area contributed by atoms with Gasteiger partial charge >= 0.3 is 0 Å². The van der Waals surface area contributed by atoms with Crippen LogP contribution in [0.15, 0.2) is 33.9 Å². The summed E-state index contributed by atoms with van der Waals surface area (Å²) in [6.45, 7) is 0. The largest absolute Gasteiger partial charge is 0.440 e. The smallest absolute Gasteiger partial charge is 0.287 e. The molecule has 0 saturated heterocycles. The molecule has 32 heavy (non-hydrogen) atoms. The number of halogens is 2. The van der Waals surface area contributed by atoms with E-state index in [1.54, 1.807) is 0 Å². The number of rotatable bonds is 6. The maximum Gasteiger partial charge on any atom is 0.287 e. The van der Waals surface area contributed by atoms with E-state index in [0.717, 1.165) is 25.7 Å². The standard InChI is InChI=1S/C21H21Cl2N3O5S/c22-14-5-17(23)24-10-15(14)26-19(27)11-6-21(7-11)8-12(9-21)25-20(28)16-3-4-18(31-16)32(29,30)13-1-2-13/h3-5,10-13H,1-2,6-9H2,(H,25,28)(H,26,27). The van der Waals surface area contributed by atoms with Crippen molar-refractivity contribution in [2.45, 2.75) is 54.9 Å². The van der Waals surface area contributed by atoms with Gasteiger partial charge in [-0.2, -0.15) is 0 Å². The van der Waals surface area contributed by atoms with Gasteiger partial charge in [-0.05, 0) is 62.1 Å². The number of furan rings is 1. The molecule has 0 aromatic carbocycles. The maximum atomic E-state index is 12.5. The molecule has 3 aliphatic rings. The van der Waals surface area contributed by atoms with Gasteiger partial charge in [0.2, 0.25) is 20.8 Å². The van der Waals surface area contributed by atoms with Crippen molar-refractivity contribution in [3.8, 4) is 0 Å². The lowest BCUT2D eigenvalue weighted by Crippen LogP contribution is -2.57. The van der Waals surface area contributed by atoms with Crippen molar-refractivity contribution in [2.24, 2.45) is 11.3 Å². The Bertz CT molecular complexity index is 1190. The minimum absolute atomic E-state index is 0.00416. The normalized spacial score (nSPS) is 26.8. The van der Waals surface area contributed by atoms with Crippen LogP contribution in [0.25, 0.3) is 0 Å². The summed E-state index contributed by atoms with van der Waals surface area (Å²) in [5.74, 6) is -0.627. The van der Waals surface area contributed by atoms with Crippen molar-refractivity contribution in [2.75, 3.05) is 5.32 Å². The molecule has 2 aromatic heterocycles. The third kappa shape index (κ3) is 4.02. The van der Waals surface area contributed by atoms with Crippen molar-refractivity contribution in [3.05, 3.63) is 40.3 Å². The van der Waals surface area contributed by atoms with E-state index < -0.39 is 15.7 Å². The van der Waals surface area contributed by atoms with Gasteiger partial charge in [-0.25, -0.2) is 13.4 Å². The first-order chi connectivity index (χ1) is 15.1. The highest BCUT2D eigenvalue weighted by molar-refractivity contribution is 7.92. The molecule has 3 saturated carbocycles. The minimum atomic E-state index is -3.46. The van der Waals surface area contributed by atoms with Crippen LogP contribution in [0.2, 0.25) is 10.2 Å². The topological polar surface area (TPSA) is 118 Å². The molecule has 0 bridgehead atoms. The van der Waals surface area contributed by atoms with E-state index in [0.29, 0.717) is 23.6 Å². The zero-order chi connectivity index (χ0) is 22.7. The average molecular weight is 498 g/mol. The quantitative estimate of drug-likeness (QED) is 0.585. The highest BCUT2D eigenvalue weighted by Gasteiger charge is 2.55. The Balaban J connectivity index is 1.10. The molecule has 0 radical (unpaired) electrons. The first kappa shape index (κ1) is 21.7. The summed E-state index contributed by atoms with van der Waals surface area (Å²) in [5, 5.41) is 5.76. The Morgan fingerprint density at radius 1 is 1.12 bits per heavy atom. The van der Waals surface area contributed by atoms with Crippen LogP contribution >= 0.6 is 23.2 Å². The number of anilines is 1. The van der Waals surface area contributed by atoms with Crippen LogP contribution in [-0.2, 0) is 14.6 Å². The minimum Gasteiger partial charge on any atom is -0.440 e. The molecule has 3 aliphatic carbocycles. The Morgan fingerprint density at radius 3 is 2.50 bits per heavy atom. The Hall–Kier alpha value is -2.10. The number of nitrogens with zero attached hydrogens (tertiary/aromatic N) is 1. The average Bonchev–Trinajstić information content (AvgIpc) is 3.41. The number of amides is 2. The second-order valence-electron chi connectivity index (χ2n) is 9.02. The van der Waals surface area contributed by atoms with E-state index in [2.05, 4.69) is 15.6 Å². The van der Waals surface area contributed by atoms with Crippen LogP contribution in [0, 0.1) is 11.3 Å². The third-order valence-electron chi connectivity index (χ3n) is 6.55. The van der Waals surface area contributed by atoms with E-state index in [1.807, 2.05) is 0 Å². The molecular weight excluding hydrogens is 477 g/mol. The molecule has 0 atom stereocenters. The van der Waals surface area contributed by atoms with Crippen molar-refractivity contribution in [3.63, 3.8) is 0 Å². The third-order valence-corrected chi connectivity index (χ3v) is 9.20. The van der Waals surface area contributed by atoms with E-state index in [9.17, 15) is 18.0 Å². The van der Waals surface area contributed by atoms with Crippen molar-refractivity contribution in [1.82, 2.24) is 10.3 Å². The van der Waals surface area contributed by atoms with Gasteiger partial charge in [-0.15, -0.1) is 0 Å². The molecule has 2 N–H and O–H groups in total. The molecule has 5 rings (SSSR count). The Labute approximate surface area is 195 Å². The second-order valence-corrected chi connectivity index (χ2v) is 12.0. The lowest BCUT2D eigenvalue weighted by molar-refractivity contribution is -0.133. The summed E-state index contributed by atoms with van der Waals surface area (Å²) in [7, 11) is -3.46. The summed E-state index contributed by atoms with van der Waals surface area (Å²) >= 11 is 11.8. The molecule has 8 nitrogen and oxygen atoms in total. The van der Waals surface area contributed by atoms with E-state index in [4.69, 9.17) is 27.6 Å². The maximum absolute atomic E-state index is 12.5. The number of carbonyl (C=O) groups excluding carboxylic acids is 2. The number of aromatic nitrogens is 1. The van der Waals surface area contributed by atoms with Crippen LogP contribution in [0.4, 0.5) is 5.69 Å². The highest BCUT2D eigenvalue weighted by atomic mass is 35.5. The molecule has 0 aliphatic heterocycles. The predicted molar refractivity (Wildman–Crippen MR) is 117 cm³/mol. The van der Waals surface area contributed by atoms with Crippen molar-refractivity contribution in [1.29, 1.82) is 0 Å². The number of hydrogen-bond acceptors (Lipinski definition) is 6. The van der Waals surface area contributed by atoms with Crippen LogP contribution in [0.5, 0.6) is 0 Å². The lowest BCUT2D eigenvalue weighted by atomic mass is 9.50. The number of carbonyl (C=O) groups is 2.